The number of nitrogens with one attached hydrogen (secondary N) is 1. The summed E-state index contributed by atoms with van der Waals surface area (Å²) in [5, 5.41) is 3.27. The number of carbonyl (C=O) groups is 1. The molecule has 1 aliphatic heterocycles. The number of hydrogen-bond acceptors (Lipinski definition) is 4. The van der Waals surface area contributed by atoms with E-state index < -0.39 is 6.04 Å². The van der Waals surface area contributed by atoms with Crippen LogP contribution in [0.25, 0.3) is 0 Å². The van der Waals surface area contributed by atoms with Gasteiger partial charge in [0.15, 0.2) is 0 Å². The first-order valence-electron chi connectivity index (χ1n) is 7.69. The van der Waals surface area contributed by atoms with Gasteiger partial charge in [0, 0.05) is 12.0 Å². The second kappa shape index (κ2) is 6.48. The lowest BCUT2D eigenvalue weighted by atomic mass is 9.98. The number of carbonyl (C=O) groups excluding carboxylic acids is 1. The summed E-state index contributed by atoms with van der Waals surface area (Å²) in [4.78, 5) is 12.3. The first-order valence-corrected chi connectivity index (χ1v) is 7.69. The van der Waals surface area contributed by atoms with E-state index in [2.05, 4.69) is 32.2 Å². The number of ether oxygens (including phenoxy) is 2. The summed E-state index contributed by atoms with van der Waals surface area (Å²) in [5.41, 5.74) is 1.82. The number of benzene rings is 1. The van der Waals surface area contributed by atoms with Crippen molar-refractivity contribution in [3.63, 3.8) is 0 Å². The molecule has 1 unspecified atom stereocenters. The van der Waals surface area contributed by atoms with Crippen LogP contribution < -0.4 is 10.1 Å². The summed E-state index contributed by atoms with van der Waals surface area (Å²) < 4.78 is 11.3. The second-order valence-electron chi connectivity index (χ2n) is 6.01. The van der Waals surface area contributed by atoms with Crippen molar-refractivity contribution in [2.24, 2.45) is 0 Å². The zero-order chi connectivity index (χ0) is 15.5. The van der Waals surface area contributed by atoms with Crippen molar-refractivity contribution in [2.75, 3.05) is 13.2 Å². The van der Waals surface area contributed by atoms with E-state index >= 15 is 0 Å². The van der Waals surface area contributed by atoms with Crippen LogP contribution in [0.15, 0.2) is 18.2 Å². The Labute approximate surface area is 126 Å². The highest BCUT2D eigenvalue weighted by Gasteiger charge is 2.35. The quantitative estimate of drug-likeness (QED) is 0.819. The summed E-state index contributed by atoms with van der Waals surface area (Å²) in [6.45, 7) is 9.17. The lowest BCUT2D eigenvalue weighted by molar-refractivity contribution is -0.145. The van der Waals surface area contributed by atoms with Crippen LogP contribution in [0.4, 0.5) is 0 Å². The summed E-state index contributed by atoms with van der Waals surface area (Å²) in [5.74, 6) is 0.594. The summed E-state index contributed by atoms with van der Waals surface area (Å²) in [7, 11) is 0. The van der Waals surface area contributed by atoms with Gasteiger partial charge in [-0.1, -0.05) is 25.1 Å². The van der Waals surface area contributed by atoms with Crippen molar-refractivity contribution in [1.29, 1.82) is 0 Å². The highest BCUT2D eigenvalue weighted by Crippen LogP contribution is 2.40. The standard InChI is InChI=1S/C17H25NO3/c1-5-10-18-14(16(19)20-6-2)13-9-7-8-12-11-17(3,4)21-15(12)13/h7-9,14,18H,5-6,10-11H2,1-4H3. The Bertz CT molecular complexity index is 511. The fourth-order valence-electron chi connectivity index (χ4n) is 2.70. The predicted molar refractivity (Wildman–Crippen MR) is 82.5 cm³/mol. The summed E-state index contributed by atoms with van der Waals surface area (Å²) in [6, 6.07) is 5.53. The second-order valence-corrected chi connectivity index (χ2v) is 6.01. The van der Waals surface area contributed by atoms with Gasteiger partial charge in [0.05, 0.1) is 6.61 Å². The topological polar surface area (TPSA) is 47.6 Å². The Balaban J connectivity index is 2.33. The van der Waals surface area contributed by atoms with Gasteiger partial charge >= 0.3 is 5.97 Å². The normalized spacial score (nSPS) is 17.0. The Morgan fingerprint density at radius 3 is 2.86 bits per heavy atom. The van der Waals surface area contributed by atoms with Crippen LogP contribution in [-0.2, 0) is 16.0 Å². The van der Waals surface area contributed by atoms with Gasteiger partial charge in [0.1, 0.15) is 17.4 Å². The number of fused-ring (bicyclic) bond motifs is 1. The molecule has 1 aromatic carbocycles. The van der Waals surface area contributed by atoms with Crippen molar-refractivity contribution in [2.45, 2.75) is 52.2 Å². The van der Waals surface area contributed by atoms with E-state index in [-0.39, 0.29) is 11.6 Å². The number of esters is 1. The first-order chi connectivity index (χ1) is 9.98. The molecule has 1 aromatic rings. The molecule has 0 saturated heterocycles. The van der Waals surface area contributed by atoms with Crippen LogP contribution in [0.3, 0.4) is 0 Å². The van der Waals surface area contributed by atoms with E-state index in [4.69, 9.17) is 9.47 Å². The van der Waals surface area contributed by atoms with Gasteiger partial charge in [-0.3, -0.25) is 0 Å². The van der Waals surface area contributed by atoms with Crippen LogP contribution in [0.5, 0.6) is 5.75 Å². The van der Waals surface area contributed by atoms with E-state index in [0.717, 1.165) is 36.3 Å². The molecular formula is C17H25NO3. The number of hydrogen-bond donors (Lipinski definition) is 1. The zero-order valence-electron chi connectivity index (χ0n) is 13.4. The minimum atomic E-state index is -0.464. The molecule has 4 heteroatoms. The fraction of sp³-hybridized carbons (Fsp3) is 0.588. The molecule has 0 bridgehead atoms. The van der Waals surface area contributed by atoms with Crippen LogP contribution >= 0.6 is 0 Å². The maximum atomic E-state index is 12.3. The monoisotopic (exact) mass is 291 g/mol. The van der Waals surface area contributed by atoms with Gasteiger partial charge < -0.3 is 14.8 Å². The smallest absolute Gasteiger partial charge is 0.327 e. The largest absolute Gasteiger partial charge is 0.487 e. The molecule has 0 radical (unpaired) electrons. The molecule has 116 valence electrons. The van der Waals surface area contributed by atoms with Crippen LogP contribution in [0.2, 0.25) is 0 Å². The molecule has 0 spiro atoms. The average molecular weight is 291 g/mol. The van der Waals surface area contributed by atoms with Crippen molar-refractivity contribution in [1.82, 2.24) is 5.32 Å². The van der Waals surface area contributed by atoms with Crippen molar-refractivity contribution < 1.29 is 14.3 Å². The molecule has 0 fully saturated rings. The molecule has 1 N–H and O–H groups in total. The maximum Gasteiger partial charge on any atom is 0.327 e. The Morgan fingerprint density at radius 2 is 2.19 bits per heavy atom. The molecule has 1 atom stereocenters. The van der Waals surface area contributed by atoms with E-state index in [1.807, 2.05) is 19.1 Å². The molecule has 1 heterocycles. The van der Waals surface area contributed by atoms with E-state index in [0.29, 0.717) is 6.61 Å². The third-order valence-electron chi connectivity index (χ3n) is 3.55. The average Bonchev–Trinajstić information content (AvgIpc) is 2.74. The third kappa shape index (κ3) is 3.56. The lowest BCUT2D eigenvalue weighted by Crippen LogP contribution is -2.31. The van der Waals surface area contributed by atoms with Gasteiger partial charge in [-0.2, -0.15) is 0 Å². The van der Waals surface area contributed by atoms with Crippen LogP contribution in [-0.4, -0.2) is 24.7 Å². The van der Waals surface area contributed by atoms with Gasteiger partial charge in [-0.05, 0) is 39.3 Å². The van der Waals surface area contributed by atoms with E-state index in [9.17, 15) is 4.79 Å². The van der Waals surface area contributed by atoms with Gasteiger partial charge in [0.25, 0.3) is 0 Å². The van der Waals surface area contributed by atoms with Crippen molar-refractivity contribution in [3.8, 4) is 5.75 Å². The Kier molecular flexibility index (Phi) is 4.88. The molecule has 0 aromatic heterocycles. The molecule has 21 heavy (non-hydrogen) atoms. The Hall–Kier alpha value is -1.55. The van der Waals surface area contributed by atoms with Crippen molar-refractivity contribution >= 4 is 5.97 Å². The van der Waals surface area contributed by atoms with Crippen LogP contribution in [0.1, 0.15) is 51.3 Å². The summed E-state index contributed by atoms with van der Waals surface area (Å²) >= 11 is 0. The zero-order valence-corrected chi connectivity index (χ0v) is 13.4. The summed E-state index contributed by atoms with van der Waals surface area (Å²) in [6.07, 6.45) is 1.82. The molecule has 0 amide bonds. The highest BCUT2D eigenvalue weighted by atomic mass is 16.5. The van der Waals surface area contributed by atoms with Gasteiger partial charge in [-0.15, -0.1) is 0 Å². The number of rotatable bonds is 6. The van der Waals surface area contributed by atoms with Gasteiger partial charge in [0.2, 0.25) is 0 Å². The molecule has 0 saturated carbocycles. The van der Waals surface area contributed by atoms with E-state index in [1.165, 1.54) is 0 Å². The number of para-hydroxylation sites is 1. The fourth-order valence-corrected chi connectivity index (χ4v) is 2.70. The Morgan fingerprint density at radius 1 is 1.43 bits per heavy atom. The third-order valence-corrected chi connectivity index (χ3v) is 3.55. The first kappa shape index (κ1) is 15.8. The minimum Gasteiger partial charge on any atom is -0.487 e. The van der Waals surface area contributed by atoms with E-state index in [1.54, 1.807) is 0 Å². The lowest BCUT2D eigenvalue weighted by Gasteiger charge is -2.22. The molecular weight excluding hydrogens is 266 g/mol. The highest BCUT2D eigenvalue weighted by molar-refractivity contribution is 5.79. The molecule has 0 aliphatic carbocycles. The molecule has 1 aliphatic rings. The maximum absolute atomic E-state index is 12.3. The van der Waals surface area contributed by atoms with Gasteiger partial charge in [-0.25, -0.2) is 4.79 Å². The minimum absolute atomic E-state index is 0.220. The van der Waals surface area contributed by atoms with Crippen LogP contribution in [0, 0.1) is 0 Å². The van der Waals surface area contributed by atoms with Crippen molar-refractivity contribution in [3.05, 3.63) is 29.3 Å². The SMILES string of the molecule is CCCNC(C(=O)OCC)c1cccc2c1OC(C)(C)C2. The predicted octanol–water partition coefficient (Wildman–Crippen LogP) is 3.00. The molecule has 2 rings (SSSR count). The molecule has 4 nitrogen and oxygen atoms in total.